The molecule has 0 aliphatic heterocycles. The monoisotopic (exact) mass is 290 g/mol. The number of rotatable bonds is 7. The Kier molecular flexibility index (Phi) is 5.39. The van der Waals surface area contributed by atoms with Gasteiger partial charge in [-0.2, -0.15) is 4.31 Å². The van der Waals surface area contributed by atoms with Gasteiger partial charge in [-0.05, 0) is 13.0 Å². The molecule has 100 valence electrons. The Morgan fingerprint density at radius 2 is 1.88 bits per heavy atom. The molecule has 4 N–H and O–H groups in total. The summed E-state index contributed by atoms with van der Waals surface area (Å²) in [6.07, 6.45) is 0.759. The molecule has 0 fully saturated rings. The fourth-order valence-electron chi connectivity index (χ4n) is 0.656. The first-order valence-corrected chi connectivity index (χ1v) is 7.06. The fourth-order valence-corrected chi connectivity index (χ4v) is 2.33. The average molecular weight is 290 g/mol. The molecule has 0 rings (SSSR count). The summed E-state index contributed by atoms with van der Waals surface area (Å²) in [5.41, 5.74) is -2.15. The van der Waals surface area contributed by atoms with Crippen molar-refractivity contribution >= 4 is 21.4 Å². The summed E-state index contributed by atoms with van der Waals surface area (Å²) in [7, 11) is -10.3. The lowest BCUT2D eigenvalue weighted by atomic mass is 10.0. The summed E-state index contributed by atoms with van der Waals surface area (Å²) >= 11 is 0. The van der Waals surface area contributed by atoms with Gasteiger partial charge in [0.1, 0.15) is 5.60 Å². The van der Waals surface area contributed by atoms with Crippen molar-refractivity contribution in [1.82, 2.24) is 0 Å². The van der Waals surface area contributed by atoms with E-state index in [4.69, 9.17) is 14.7 Å². The van der Waals surface area contributed by atoms with Gasteiger partial charge in [0.15, 0.2) is 5.78 Å². The minimum Gasteiger partial charge on any atom is -0.380 e. The Morgan fingerprint density at radius 1 is 1.41 bits per heavy atom. The number of carbonyl (C=O) groups excluding carboxylic acids is 1. The summed E-state index contributed by atoms with van der Waals surface area (Å²) in [6.45, 7) is 3.05. The molecule has 17 heavy (non-hydrogen) atoms. The first kappa shape index (κ1) is 16.6. The van der Waals surface area contributed by atoms with Crippen molar-refractivity contribution in [3.63, 3.8) is 0 Å². The zero-order valence-electron chi connectivity index (χ0n) is 8.72. The van der Waals surface area contributed by atoms with Crippen LogP contribution in [0.1, 0.15) is 6.92 Å². The third-order valence-electron chi connectivity index (χ3n) is 1.43. The van der Waals surface area contributed by atoms with Crippen molar-refractivity contribution in [2.24, 2.45) is 0 Å². The van der Waals surface area contributed by atoms with E-state index in [1.54, 1.807) is 0 Å². The van der Waals surface area contributed by atoms with E-state index >= 15 is 0 Å². The molecule has 11 heteroatoms. The van der Waals surface area contributed by atoms with Crippen LogP contribution in [0.5, 0.6) is 0 Å². The zero-order chi connectivity index (χ0) is 13.9. The number of aliphatic hydroxyl groups is 1. The van der Waals surface area contributed by atoms with Crippen LogP contribution in [-0.4, -0.2) is 37.8 Å². The van der Waals surface area contributed by atoms with Gasteiger partial charge in [0.2, 0.25) is 0 Å². The number of ketones is 1. The van der Waals surface area contributed by atoms with Gasteiger partial charge < -0.3 is 19.8 Å². The first-order valence-electron chi connectivity index (χ1n) is 4.03. The summed E-state index contributed by atoms with van der Waals surface area (Å²) in [5, 5.41) is 9.42. The second-order valence-electron chi connectivity index (χ2n) is 3.16. The third kappa shape index (κ3) is 6.82. The molecule has 2 atom stereocenters. The van der Waals surface area contributed by atoms with Crippen molar-refractivity contribution in [1.29, 1.82) is 0 Å². The maximum absolute atomic E-state index is 11.0. The van der Waals surface area contributed by atoms with Crippen molar-refractivity contribution in [3.8, 4) is 0 Å². The summed E-state index contributed by atoms with van der Waals surface area (Å²) < 4.78 is 28.7. The SMILES string of the molecule is C=CC(=O)C(C)(O)COP(=O)(O)OP(=O)(O)O. The lowest BCUT2D eigenvalue weighted by Crippen LogP contribution is -2.38. The molecule has 0 bridgehead atoms. The van der Waals surface area contributed by atoms with E-state index in [2.05, 4.69) is 15.4 Å². The highest BCUT2D eigenvalue weighted by Crippen LogP contribution is 2.57. The van der Waals surface area contributed by atoms with Crippen LogP contribution in [0, 0.1) is 0 Å². The van der Waals surface area contributed by atoms with Crippen molar-refractivity contribution in [2.75, 3.05) is 6.61 Å². The average Bonchev–Trinajstić information content (AvgIpc) is 2.10. The molecule has 9 nitrogen and oxygen atoms in total. The molecular formula is C6H12O9P2. The number of phosphoric acid groups is 2. The van der Waals surface area contributed by atoms with Crippen LogP contribution < -0.4 is 0 Å². The van der Waals surface area contributed by atoms with Crippen LogP contribution in [-0.2, 0) is 22.8 Å². The van der Waals surface area contributed by atoms with Crippen LogP contribution in [0.3, 0.4) is 0 Å². The molecule has 0 aromatic heterocycles. The van der Waals surface area contributed by atoms with E-state index in [1.807, 2.05) is 0 Å². The van der Waals surface area contributed by atoms with E-state index in [0.29, 0.717) is 0 Å². The van der Waals surface area contributed by atoms with E-state index in [-0.39, 0.29) is 0 Å². The molecule has 0 amide bonds. The minimum absolute atomic E-state index is 0.759. The Labute approximate surface area is 96.5 Å². The lowest BCUT2D eigenvalue weighted by Gasteiger charge is -2.21. The van der Waals surface area contributed by atoms with Gasteiger partial charge in [-0.25, -0.2) is 9.13 Å². The normalized spacial score (nSPS) is 19.1. The molecule has 0 aromatic rings. The number of hydrogen-bond acceptors (Lipinski definition) is 6. The molecule has 0 saturated carbocycles. The lowest BCUT2D eigenvalue weighted by molar-refractivity contribution is -0.133. The summed E-state index contributed by atoms with van der Waals surface area (Å²) in [4.78, 5) is 36.4. The maximum atomic E-state index is 11.0. The van der Waals surface area contributed by atoms with Crippen LogP contribution in [0.25, 0.3) is 0 Å². The molecule has 0 saturated heterocycles. The van der Waals surface area contributed by atoms with Gasteiger partial charge in [-0.15, -0.1) is 0 Å². The first-order chi connectivity index (χ1) is 7.40. The predicted octanol–water partition coefficient (Wildman–Crippen LogP) is -0.281. The molecule has 2 unspecified atom stereocenters. The smallest absolute Gasteiger partial charge is 0.380 e. The zero-order valence-corrected chi connectivity index (χ0v) is 10.5. The van der Waals surface area contributed by atoms with Crippen LogP contribution in [0.2, 0.25) is 0 Å². The third-order valence-corrected chi connectivity index (χ3v) is 3.57. The molecular weight excluding hydrogens is 278 g/mol. The molecule has 0 heterocycles. The molecule has 0 radical (unpaired) electrons. The Morgan fingerprint density at radius 3 is 2.24 bits per heavy atom. The van der Waals surface area contributed by atoms with E-state index in [1.165, 1.54) is 0 Å². The predicted molar refractivity (Wildman–Crippen MR) is 54.7 cm³/mol. The second kappa shape index (κ2) is 5.51. The highest BCUT2D eigenvalue weighted by atomic mass is 31.3. The van der Waals surface area contributed by atoms with Crippen LogP contribution in [0.15, 0.2) is 12.7 Å². The van der Waals surface area contributed by atoms with Gasteiger partial charge in [0.05, 0.1) is 6.61 Å². The minimum atomic E-state index is -5.22. The molecule has 0 aromatic carbocycles. The van der Waals surface area contributed by atoms with Crippen LogP contribution in [0.4, 0.5) is 0 Å². The van der Waals surface area contributed by atoms with Crippen molar-refractivity contribution in [2.45, 2.75) is 12.5 Å². The number of hydrogen-bond donors (Lipinski definition) is 4. The van der Waals surface area contributed by atoms with Gasteiger partial charge in [0.25, 0.3) is 0 Å². The van der Waals surface area contributed by atoms with Crippen molar-refractivity contribution in [3.05, 3.63) is 12.7 Å². The standard InChI is InChI=1S/C6H12O9P2/c1-3-5(7)6(2,8)4-14-17(12,13)15-16(9,10)11/h3,8H,1,4H2,2H3,(H,12,13)(H2,9,10,11). The fraction of sp³-hybridized carbons (Fsp3) is 0.500. The molecule has 0 aliphatic rings. The topological polar surface area (TPSA) is 151 Å². The van der Waals surface area contributed by atoms with Gasteiger partial charge in [-0.1, -0.05) is 6.58 Å². The van der Waals surface area contributed by atoms with E-state index < -0.39 is 33.6 Å². The highest BCUT2D eigenvalue weighted by molar-refractivity contribution is 7.60. The summed E-state index contributed by atoms with van der Waals surface area (Å²) in [6, 6.07) is 0. The Bertz CT molecular complexity index is 394. The number of carbonyl (C=O) groups is 1. The Balaban J connectivity index is 4.57. The van der Waals surface area contributed by atoms with Gasteiger partial charge >= 0.3 is 15.6 Å². The van der Waals surface area contributed by atoms with E-state index in [9.17, 15) is 19.0 Å². The highest BCUT2D eigenvalue weighted by Gasteiger charge is 2.37. The molecule has 0 aliphatic carbocycles. The number of phosphoric ester groups is 1. The van der Waals surface area contributed by atoms with Gasteiger partial charge in [0, 0.05) is 0 Å². The largest absolute Gasteiger partial charge is 0.481 e. The molecule has 0 spiro atoms. The summed E-state index contributed by atoms with van der Waals surface area (Å²) in [5.74, 6) is -0.895. The van der Waals surface area contributed by atoms with E-state index in [0.717, 1.165) is 13.0 Å². The maximum Gasteiger partial charge on any atom is 0.481 e. The van der Waals surface area contributed by atoms with Crippen LogP contribution >= 0.6 is 15.6 Å². The van der Waals surface area contributed by atoms with Gasteiger partial charge in [-0.3, -0.25) is 9.32 Å². The second-order valence-corrected chi connectivity index (χ2v) is 5.99. The van der Waals surface area contributed by atoms with Crippen molar-refractivity contribution < 1.29 is 42.5 Å². The quantitative estimate of drug-likeness (QED) is 0.366. The Hall–Kier alpha value is -0.370.